The largest absolute Gasteiger partial charge is 0.456 e. The van der Waals surface area contributed by atoms with Crippen molar-refractivity contribution in [2.75, 3.05) is 6.26 Å². The van der Waals surface area contributed by atoms with Crippen LogP contribution in [0.5, 0.6) is 0 Å². The number of carbonyl (C=O) groups excluding carboxylic acids is 2. The normalized spacial score (nSPS) is 20.8. The van der Waals surface area contributed by atoms with Crippen molar-refractivity contribution in [3.63, 3.8) is 0 Å². The van der Waals surface area contributed by atoms with E-state index in [-0.39, 0.29) is 5.56 Å². The van der Waals surface area contributed by atoms with Crippen LogP contribution in [-0.2, 0) is 34.7 Å². The minimum atomic E-state index is -3.87. The first-order valence-electron chi connectivity index (χ1n) is 6.53. The van der Waals surface area contributed by atoms with Gasteiger partial charge in [-0.3, -0.25) is 14.3 Å². The number of sulfonamides is 1. The van der Waals surface area contributed by atoms with E-state index in [1.54, 1.807) is 0 Å². The number of ether oxygens (including phenoxy) is 2. The molecule has 1 heterocycles. The lowest BCUT2D eigenvalue weighted by Gasteiger charge is -2.23. The van der Waals surface area contributed by atoms with Gasteiger partial charge in [0.05, 0.1) is 6.26 Å². The van der Waals surface area contributed by atoms with Gasteiger partial charge in [0.1, 0.15) is 11.6 Å². The van der Waals surface area contributed by atoms with Gasteiger partial charge in [-0.15, -0.1) is 0 Å². The molecule has 0 amide bonds. The van der Waals surface area contributed by atoms with Crippen molar-refractivity contribution in [3.05, 3.63) is 47.0 Å². The highest BCUT2D eigenvalue weighted by atomic mass is 32.2. The maximum atomic E-state index is 13.4. The minimum absolute atomic E-state index is 0.208. The van der Waals surface area contributed by atoms with Crippen LogP contribution in [0.25, 0.3) is 0 Å². The first-order chi connectivity index (χ1) is 10.9. The molecule has 0 saturated carbocycles. The lowest BCUT2D eigenvalue weighted by Crippen LogP contribution is -2.32. The summed E-state index contributed by atoms with van der Waals surface area (Å²) in [5, 5.41) is 0. The minimum Gasteiger partial charge on any atom is -0.456 e. The van der Waals surface area contributed by atoms with Crippen molar-refractivity contribution >= 4 is 21.8 Å². The fourth-order valence-electron chi connectivity index (χ4n) is 2.11. The summed E-state index contributed by atoms with van der Waals surface area (Å²) < 4.78 is 61.5. The molecular weight excluding hydrogens is 348 g/mol. The molecule has 0 spiro atoms. The Bertz CT molecular complexity index is 844. The van der Waals surface area contributed by atoms with Crippen molar-refractivity contribution in [3.8, 4) is 0 Å². The Balaban J connectivity index is 2.53. The standard InChI is InChI=1S/C14H13F2NO6S/c1-7(18)22-11-12(19)14(2,23-13(11)17-24(3,20)21)8-4-9(15)6-10(16)5-8/h4-6,17H,1-3H3. The van der Waals surface area contributed by atoms with Gasteiger partial charge in [-0.2, -0.15) is 0 Å². The zero-order valence-electron chi connectivity index (χ0n) is 12.8. The van der Waals surface area contributed by atoms with Crippen LogP contribution in [0.4, 0.5) is 8.78 Å². The third kappa shape index (κ3) is 3.53. The van der Waals surface area contributed by atoms with E-state index in [2.05, 4.69) is 0 Å². The molecule has 1 N–H and O–H groups in total. The molecule has 24 heavy (non-hydrogen) atoms. The molecule has 1 unspecified atom stereocenters. The highest BCUT2D eigenvalue weighted by molar-refractivity contribution is 7.88. The summed E-state index contributed by atoms with van der Waals surface area (Å²) in [4.78, 5) is 23.7. The predicted molar refractivity (Wildman–Crippen MR) is 76.6 cm³/mol. The zero-order valence-corrected chi connectivity index (χ0v) is 13.7. The van der Waals surface area contributed by atoms with Gasteiger partial charge in [-0.25, -0.2) is 17.2 Å². The van der Waals surface area contributed by atoms with E-state index in [0.717, 1.165) is 25.3 Å². The van der Waals surface area contributed by atoms with Crippen molar-refractivity contribution in [1.29, 1.82) is 0 Å². The molecule has 1 aromatic carbocycles. The van der Waals surface area contributed by atoms with Gasteiger partial charge in [0.15, 0.2) is 5.60 Å². The summed E-state index contributed by atoms with van der Waals surface area (Å²) in [6.07, 6.45) is 0.788. The van der Waals surface area contributed by atoms with E-state index in [9.17, 15) is 26.8 Å². The second-order valence-corrected chi connectivity index (χ2v) is 7.00. The Kier molecular flexibility index (Phi) is 4.36. The molecule has 1 aliphatic heterocycles. The Labute approximate surface area is 136 Å². The number of hydrogen-bond acceptors (Lipinski definition) is 6. The number of ketones is 1. The molecule has 1 atom stereocenters. The fourth-order valence-corrected chi connectivity index (χ4v) is 2.58. The summed E-state index contributed by atoms with van der Waals surface area (Å²) in [6, 6.07) is 2.31. The van der Waals surface area contributed by atoms with Crippen LogP contribution in [-0.4, -0.2) is 26.4 Å². The zero-order chi connectivity index (χ0) is 18.3. The predicted octanol–water partition coefficient (Wildman–Crippen LogP) is 1.06. The van der Waals surface area contributed by atoms with Crippen LogP contribution in [0.1, 0.15) is 19.4 Å². The maximum Gasteiger partial charge on any atom is 0.308 e. The van der Waals surface area contributed by atoms with E-state index in [1.165, 1.54) is 6.92 Å². The molecule has 0 radical (unpaired) electrons. The highest BCUT2D eigenvalue weighted by Crippen LogP contribution is 2.39. The van der Waals surface area contributed by atoms with Gasteiger partial charge in [-0.05, 0) is 19.1 Å². The van der Waals surface area contributed by atoms with Crippen LogP contribution in [0, 0.1) is 11.6 Å². The Morgan fingerprint density at radius 1 is 1.25 bits per heavy atom. The van der Waals surface area contributed by atoms with Gasteiger partial charge in [-0.1, -0.05) is 0 Å². The molecule has 7 nitrogen and oxygen atoms in total. The summed E-state index contributed by atoms with van der Waals surface area (Å²) in [7, 11) is -3.87. The first kappa shape index (κ1) is 17.9. The van der Waals surface area contributed by atoms with Crippen LogP contribution < -0.4 is 4.72 Å². The van der Waals surface area contributed by atoms with E-state index in [4.69, 9.17) is 9.47 Å². The van der Waals surface area contributed by atoms with E-state index in [0.29, 0.717) is 6.07 Å². The smallest absolute Gasteiger partial charge is 0.308 e. The van der Waals surface area contributed by atoms with E-state index >= 15 is 0 Å². The van der Waals surface area contributed by atoms with Crippen molar-refractivity contribution in [2.24, 2.45) is 0 Å². The molecule has 130 valence electrons. The fraction of sp³-hybridized carbons (Fsp3) is 0.286. The van der Waals surface area contributed by atoms with Gasteiger partial charge in [0.25, 0.3) is 5.78 Å². The third-order valence-corrected chi connectivity index (χ3v) is 3.65. The number of esters is 1. The van der Waals surface area contributed by atoms with Crippen molar-refractivity contribution in [2.45, 2.75) is 19.4 Å². The lowest BCUT2D eigenvalue weighted by atomic mass is 9.91. The van der Waals surface area contributed by atoms with Gasteiger partial charge < -0.3 is 9.47 Å². The van der Waals surface area contributed by atoms with E-state index < -0.39 is 50.7 Å². The number of nitrogens with one attached hydrogen (secondary N) is 1. The van der Waals surface area contributed by atoms with Gasteiger partial charge in [0, 0.05) is 18.6 Å². The molecule has 0 bridgehead atoms. The van der Waals surface area contributed by atoms with Crippen molar-refractivity contribution < 1.29 is 36.3 Å². The van der Waals surface area contributed by atoms with Crippen LogP contribution in [0.2, 0.25) is 0 Å². The average molecular weight is 361 g/mol. The summed E-state index contributed by atoms with van der Waals surface area (Å²) in [6.45, 7) is 2.17. The van der Waals surface area contributed by atoms with Crippen molar-refractivity contribution in [1.82, 2.24) is 4.72 Å². The number of rotatable bonds is 4. The SMILES string of the molecule is CC(=O)OC1=C(NS(C)(=O)=O)OC(C)(c2cc(F)cc(F)c2)C1=O. The second-order valence-electron chi connectivity index (χ2n) is 5.25. The summed E-state index contributed by atoms with van der Waals surface area (Å²) >= 11 is 0. The van der Waals surface area contributed by atoms with Crippen LogP contribution in [0.3, 0.4) is 0 Å². The number of halogens is 2. The second kappa shape index (κ2) is 5.86. The topological polar surface area (TPSA) is 98.8 Å². The average Bonchev–Trinajstić information content (AvgIpc) is 2.61. The summed E-state index contributed by atoms with van der Waals surface area (Å²) in [5.41, 5.74) is -2.18. The number of Topliss-reactive ketones (excluding diaryl/α,β-unsaturated/α-hetero) is 1. The van der Waals surface area contributed by atoms with Gasteiger partial charge >= 0.3 is 5.97 Å². The summed E-state index contributed by atoms with van der Waals surface area (Å²) in [5.74, 6) is -5.11. The molecule has 0 aromatic heterocycles. The molecular formula is C14H13F2NO6S. The molecule has 2 rings (SSSR count). The first-order valence-corrected chi connectivity index (χ1v) is 8.42. The number of hydrogen-bond donors (Lipinski definition) is 1. The highest BCUT2D eigenvalue weighted by Gasteiger charge is 2.50. The van der Waals surface area contributed by atoms with Crippen LogP contribution in [0.15, 0.2) is 29.8 Å². The van der Waals surface area contributed by atoms with E-state index in [1.807, 2.05) is 4.72 Å². The number of benzene rings is 1. The monoisotopic (exact) mass is 361 g/mol. The van der Waals surface area contributed by atoms with Gasteiger partial charge in [0.2, 0.25) is 21.7 Å². The Hall–Kier alpha value is -2.49. The molecule has 0 saturated heterocycles. The van der Waals surface area contributed by atoms with Crippen LogP contribution >= 0.6 is 0 Å². The Morgan fingerprint density at radius 3 is 2.25 bits per heavy atom. The molecule has 1 aromatic rings. The molecule has 1 aliphatic rings. The third-order valence-electron chi connectivity index (χ3n) is 3.09. The quantitative estimate of drug-likeness (QED) is 0.805. The molecule has 10 heteroatoms. The molecule has 0 aliphatic carbocycles. The maximum absolute atomic E-state index is 13.4. The molecule has 0 fully saturated rings. The lowest BCUT2D eigenvalue weighted by molar-refractivity contribution is -0.142. The number of carbonyl (C=O) groups is 2. The Morgan fingerprint density at radius 2 is 1.79 bits per heavy atom.